The molecule has 0 radical (unpaired) electrons. The van der Waals surface area contributed by atoms with Gasteiger partial charge in [0.2, 0.25) is 0 Å². The lowest BCUT2D eigenvalue weighted by Crippen LogP contribution is -2.30. The SMILES string of the molecule is Cc1[nH]c(C)c([C@@H]2[C@@H](c3ccccn3)NC(=S)N2c2cc(Cl)ccc2O)c1I. The highest BCUT2D eigenvalue weighted by Gasteiger charge is 2.43. The van der Waals surface area contributed by atoms with E-state index >= 15 is 0 Å². The molecule has 4 rings (SSSR count). The van der Waals surface area contributed by atoms with E-state index in [-0.39, 0.29) is 17.8 Å². The number of phenolic OH excluding ortho intramolecular Hbond substituents is 1. The Labute approximate surface area is 187 Å². The third-order valence-corrected chi connectivity index (χ3v) is 6.88. The molecule has 28 heavy (non-hydrogen) atoms. The molecule has 144 valence electrons. The summed E-state index contributed by atoms with van der Waals surface area (Å²) in [5.74, 6) is 0.125. The van der Waals surface area contributed by atoms with E-state index in [1.54, 1.807) is 24.4 Å². The van der Waals surface area contributed by atoms with Gasteiger partial charge in [-0.15, -0.1) is 0 Å². The molecule has 5 nitrogen and oxygen atoms in total. The lowest BCUT2D eigenvalue weighted by molar-refractivity contribution is 0.472. The third-order valence-electron chi connectivity index (χ3n) is 4.94. The number of anilines is 1. The molecule has 1 aliphatic heterocycles. The lowest BCUT2D eigenvalue weighted by Gasteiger charge is -2.29. The van der Waals surface area contributed by atoms with Gasteiger partial charge in [-0.3, -0.25) is 4.98 Å². The number of thiocarbonyl (C=S) groups is 1. The summed E-state index contributed by atoms with van der Waals surface area (Å²) in [4.78, 5) is 9.92. The standard InChI is InChI=1S/C20H18ClIN4OS/c1-10-16(17(22)11(2)24-10)19-18(13-5-3-4-8-23-13)25-20(28)26(19)14-9-12(21)6-7-15(14)27/h3-9,18-19,24,27H,1-2H3,(H,25,28)/t18-,19-/m1/s1. The summed E-state index contributed by atoms with van der Waals surface area (Å²) < 4.78 is 1.14. The molecule has 1 saturated heterocycles. The second-order valence-electron chi connectivity index (χ2n) is 6.73. The summed E-state index contributed by atoms with van der Waals surface area (Å²) in [7, 11) is 0. The number of hydrogen-bond acceptors (Lipinski definition) is 3. The van der Waals surface area contributed by atoms with Crippen LogP contribution in [0.3, 0.4) is 0 Å². The largest absolute Gasteiger partial charge is 0.506 e. The molecule has 8 heteroatoms. The second kappa shape index (κ2) is 7.53. The molecule has 3 N–H and O–H groups in total. The number of phenols is 1. The maximum atomic E-state index is 10.6. The van der Waals surface area contributed by atoms with E-state index in [4.69, 9.17) is 23.8 Å². The van der Waals surface area contributed by atoms with E-state index in [1.165, 1.54) is 0 Å². The smallest absolute Gasteiger partial charge is 0.174 e. The Kier molecular flexibility index (Phi) is 5.24. The fourth-order valence-electron chi connectivity index (χ4n) is 3.72. The van der Waals surface area contributed by atoms with Crippen molar-refractivity contribution in [3.8, 4) is 5.75 Å². The number of nitrogens with one attached hydrogen (secondary N) is 2. The van der Waals surface area contributed by atoms with Crippen LogP contribution in [0.1, 0.15) is 34.7 Å². The minimum Gasteiger partial charge on any atom is -0.506 e. The molecular weight excluding hydrogens is 507 g/mol. The Hall–Kier alpha value is -1.84. The predicted molar refractivity (Wildman–Crippen MR) is 124 cm³/mol. The average molecular weight is 525 g/mol. The van der Waals surface area contributed by atoms with Crippen LogP contribution in [-0.4, -0.2) is 20.2 Å². The number of pyridine rings is 1. The molecule has 2 aromatic heterocycles. The molecule has 0 spiro atoms. The van der Waals surface area contributed by atoms with E-state index in [2.05, 4.69) is 51.7 Å². The minimum atomic E-state index is -0.191. The highest BCUT2D eigenvalue weighted by Crippen LogP contribution is 2.47. The zero-order valence-corrected chi connectivity index (χ0v) is 18.9. The monoisotopic (exact) mass is 524 g/mol. The van der Waals surface area contributed by atoms with E-state index in [0.717, 1.165) is 26.2 Å². The first kappa shape index (κ1) is 19.5. The van der Waals surface area contributed by atoms with Gasteiger partial charge in [-0.2, -0.15) is 0 Å². The van der Waals surface area contributed by atoms with Crippen molar-refractivity contribution in [2.45, 2.75) is 25.9 Å². The van der Waals surface area contributed by atoms with Crippen LogP contribution >= 0.6 is 46.4 Å². The Morgan fingerprint density at radius 3 is 2.64 bits per heavy atom. The van der Waals surface area contributed by atoms with Crippen molar-refractivity contribution in [1.29, 1.82) is 0 Å². The summed E-state index contributed by atoms with van der Waals surface area (Å²) >= 11 is 14.3. The van der Waals surface area contributed by atoms with Crippen molar-refractivity contribution in [1.82, 2.24) is 15.3 Å². The number of aromatic amines is 1. The Balaban J connectivity index is 1.94. The van der Waals surface area contributed by atoms with Crippen LogP contribution in [0.5, 0.6) is 5.75 Å². The van der Waals surface area contributed by atoms with Crippen LogP contribution in [-0.2, 0) is 0 Å². The highest BCUT2D eigenvalue weighted by molar-refractivity contribution is 14.1. The number of halogens is 2. The zero-order chi connectivity index (χ0) is 20.0. The summed E-state index contributed by atoms with van der Waals surface area (Å²) in [6, 6.07) is 10.5. The zero-order valence-electron chi connectivity index (χ0n) is 15.2. The predicted octanol–water partition coefficient (Wildman–Crippen LogP) is 5.17. The van der Waals surface area contributed by atoms with Gasteiger partial charge in [-0.25, -0.2) is 0 Å². The molecule has 1 fully saturated rings. The van der Waals surface area contributed by atoms with Gasteiger partial charge in [0.15, 0.2) is 5.11 Å². The van der Waals surface area contributed by atoms with Gasteiger partial charge < -0.3 is 20.3 Å². The lowest BCUT2D eigenvalue weighted by atomic mass is 9.96. The molecule has 2 atom stereocenters. The molecule has 0 amide bonds. The number of benzene rings is 1. The fourth-order valence-corrected chi connectivity index (χ4v) is 5.08. The van der Waals surface area contributed by atoms with Crippen molar-refractivity contribution in [3.05, 3.63) is 73.8 Å². The van der Waals surface area contributed by atoms with Gasteiger partial charge in [0.05, 0.1) is 23.5 Å². The number of aromatic hydroxyl groups is 1. The Morgan fingerprint density at radius 1 is 1.21 bits per heavy atom. The number of nitrogens with zero attached hydrogens (tertiary/aromatic N) is 2. The maximum absolute atomic E-state index is 10.6. The Morgan fingerprint density at radius 2 is 2.00 bits per heavy atom. The van der Waals surface area contributed by atoms with Gasteiger partial charge in [0.25, 0.3) is 0 Å². The van der Waals surface area contributed by atoms with E-state index in [9.17, 15) is 5.11 Å². The number of aromatic nitrogens is 2. The van der Waals surface area contributed by atoms with E-state index in [1.807, 2.05) is 23.1 Å². The molecular formula is C20H18ClIN4OS. The molecule has 1 aliphatic rings. The second-order valence-corrected chi connectivity index (χ2v) is 8.63. The van der Waals surface area contributed by atoms with Gasteiger partial charge in [-0.1, -0.05) is 17.7 Å². The van der Waals surface area contributed by atoms with Crippen LogP contribution in [0, 0.1) is 17.4 Å². The van der Waals surface area contributed by atoms with Crippen molar-refractivity contribution < 1.29 is 5.11 Å². The minimum absolute atomic E-state index is 0.125. The number of aryl methyl sites for hydroxylation is 2. The molecule has 0 unspecified atom stereocenters. The molecule has 0 aliphatic carbocycles. The summed E-state index contributed by atoms with van der Waals surface area (Å²) in [6.45, 7) is 4.10. The van der Waals surface area contributed by atoms with Crippen LogP contribution in [0.4, 0.5) is 5.69 Å². The van der Waals surface area contributed by atoms with Crippen LogP contribution in [0.2, 0.25) is 5.02 Å². The first-order chi connectivity index (χ1) is 13.4. The molecule has 1 aromatic carbocycles. The molecule has 0 bridgehead atoms. The summed E-state index contributed by atoms with van der Waals surface area (Å²) in [5.41, 5.74) is 4.74. The molecule has 0 saturated carbocycles. The van der Waals surface area contributed by atoms with Gasteiger partial charge in [0.1, 0.15) is 5.75 Å². The highest BCUT2D eigenvalue weighted by atomic mass is 127. The van der Waals surface area contributed by atoms with Crippen molar-refractivity contribution >= 4 is 57.2 Å². The van der Waals surface area contributed by atoms with Gasteiger partial charge in [0, 0.05) is 31.7 Å². The topological polar surface area (TPSA) is 64.2 Å². The normalized spacial score (nSPS) is 19.1. The first-order valence-corrected chi connectivity index (χ1v) is 10.6. The van der Waals surface area contributed by atoms with Crippen molar-refractivity contribution in [3.63, 3.8) is 0 Å². The van der Waals surface area contributed by atoms with Crippen LogP contribution in [0.15, 0.2) is 42.6 Å². The number of hydrogen-bond donors (Lipinski definition) is 3. The van der Waals surface area contributed by atoms with Crippen molar-refractivity contribution in [2.24, 2.45) is 0 Å². The van der Waals surface area contributed by atoms with E-state index in [0.29, 0.717) is 15.8 Å². The van der Waals surface area contributed by atoms with Crippen LogP contribution in [0.25, 0.3) is 0 Å². The maximum Gasteiger partial charge on any atom is 0.174 e. The van der Waals surface area contributed by atoms with Gasteiger partial charge in [-0.05, 0) is 79.0 Å². The van der Waals surface area contributed by atoms with Crippen molar-refractivity contribution in [2.75, 3.05) is 4.90 Å². The average Bonchev–Trinajstić information content (AvgIpc) is 3.13. The van der Waals surface area contributed by atoms with Gasteiger partial charge >= 0.3 is 0 Å². The fraction of sp³-hybridized carbons (Fsp3) is 0.200. The third kappa shape index (κ3) is 3.25. The summed E-state index contributed by atoms with van der Waals surface area (Å²) in [5, 5.41) is 15.0. The number of rotatable bonds is 3. The van der Waals surface area contributed by atoms with E-state index < -0.39 is 0 Å². The quantitative estimate of drug-likeness (QED) is 0.326. The molecule has 3 aromatic rings. The molecule has 3 heterocycles. The Bertz CT molecular complexity index is 1060. The first-order valence-electron chi connectivity index (χ1n) is 8.72. The number of H-pyrrole nitrogens is 1. The van der Waals surface area contributed by atoms with Crippen LogP contribution < -0.4 is 10.2 Å². The summed E-state index contributed by atoms with van der Waals surface area (Å²) in [6.07, 6.45) is 1.77.